The number of hydrogen-bond donors (Lipinski definition) is 2. The minimum Gasteiger partial charge on any atom is -0.358 e. The summed E-state index contributed by atoms with van der Waals surface area (Å²) in [5, 5.41) is 4.95. The quantitative estimate of drug-likeness (QED) is 0.877. The van der Waals surface area contributed by atoms with E-state index in [1.807, 2.05) is 13.0 Å². The van der Waals surface area contributed by atoms with Crippen LogP contribution in [0.3, 0.4) is 0 Å². The van der Waals surface area contributed by atoms with Gasteiger partial charge < -0.3 is 10.6 Å². The van der Waals surface area contributed by atoms with E-state index < -0.39 is 0 Å². The zero-order valence-electron chi connectivity index (χ0n) is 9.13. The van der Waals surface area contributed by atoms with Crippen LogP contribution in [0.5, 0.6) is 0 Å². The predicted octanol–water partition coefficient (Wildman–Crippen LogP) is 1.23. The monoisotopic (exact) mass is 284 g/mol. The van der Waals surface area contributed by atoms with Crippen molar-refractivity contribution in [3.63, 3.8) is 0 Å². The predicted molar refractivity (Wildman–Crippen MR) is 65.3 cm³/mol. The van der Waals surface area contributed by atoms with Gasteiger partial charge in [-0.1, -0.05) is 22.0 Å². The van der Waals surface area contributed by atoms with Gasteiger partial charge in [0, 0.05) is 17.1 Å². The molecule has 86 valence electrons. The third-order valence-electron chi connectivity index (χ3n) is 2.12. The van der Waals surface area contributed by atoms with Gasteiger partial charge in [0.15, 0.2) is 0 Å². The SMILES string of the molecule is CNC(=O)CNC(=O)c1ccc(C)c(Br)c1. The zero-order valence-corrected chi connectivity index (χ0v) is 10.7. The third kappa shape index (κ3) is 3.34. The molecular weight excluding hydrogens is 272 g/mol. The Morgan fingerprint density at radius 2 is 2.06 bits per heavy atom. The largest absolute Gasteiger partial charge is 0.358 e. The molecule has 0 heterocycles. The number of benzene rings is 1. The molecule has 0 radical (unpaired) electrons. The highest BCUT2D eigenvalue weighted by Gasteiger charge is 2.08. The van der Waals surface area contributed by atoms with Crippen LogP contribution in [-0.2, 0) is 4.79 Å². The van der Waals surface area contributed by atoms with Gasteiger partial charge in [-0.2, -0.15) is 0 Å². The third-order valence-corrected chi connectivity index (χ3v) is 2.98. The lowest BCUT2D eigenvalue weighted by atomic mass is 10.1. The first-order chi connectivity index (χ1) is 7.54. The van der Waals surface area contributed by atoms with E-state index in [9.17, 15) is 9.59 Å². The highest BCUT2D eigenvalue weighted by molar-refractivity contribution is 9.10. The van der Waals surface area contributed by atoms with Crippen LogP contribution in [0.15, 0.2) is 22.7 Å². The fourth-order valence-corrected chi connectivity index (χ4v) is 1.46. The molecule has 0 aliphatic carbocycles. The molecule has 0 aliphatic rings. The lowest BCUT2D eigenvalue weighted by molar-refractivity contribution is -0.119. The summed E-state index contributed by atoms with van der Waals surface area (Å²) in [6, 6.07) is 5.30. The smallest absolute Gasteiger partial charge is 0.251 e. The summed E-state index contributed by atoms with van der Waals surface area (Å²) in [7, 11) is 1.52. The number of carbonyl (C=O) groups is 2. The van der Waals surface area contributed by atoms with Gasteiger partial charge in [0.2, 0.25) is 5.91 Å². The highest BCUT2D eigenvalue weighted by Crippen LogP contribution is 2.17. The van der Waals surface area contributed by atoms with Gasteiger partial charge in [0.1, 0.15) is 0 Å². The number of aryl methyl sites for hydroxylation is 1. The summed E-state index contributed by atoms with van der Waals surface area (Å²) < 4.78 is 0.875. The molecule has 0 saturated heterocycles. The molecule has 0 aliphatic heterocycles. The van der Waals surface area contributed by atoms with Crippen molar-refractivity contribution in [2.24, 2.45) is 0 Å². The average molecular weight is 285 g/mol. The molecule has 4 nitrogen and oxygen atoms in total. The second kappa shape index (κ2) is 5.65. The summed E-state index contributed by atoms with van der Waals surface area (Å²) in [6.07, 6.45) is 0. The molecule has 0 fully saturated rings. The van der Waals surface area contributed by atoms with Gasteiger partial charge in [-0.3, -0.25) is 9.59 Å². The molecule has 16 heavy (non-hydrogen) atoms. The van der Waals surface area contributed by atoms with Gasteiger partial charge in [-0.05, 0) is 24.6 Å². The van der Waals surface area contributed by atoms with Gasteiger partial charge in [0.25, 0.3) is 5.91 Å². The average Bonchev–Trinajstić information content (AvgIpc) is 2.29. The maximum absolute atomic E-state index is 11.6. The van der Waals surface area contributed by atoms with Crippen molar-refractivity contribution in [2.75, 3.05) is 13.6 Å². The van der Waals surface area contributed by atoms with Crippen LogP contribution in [0.25, 0.3) is 0 Å². The van der Waals surface area contributed by atoms with Gasteiger partial charge in [-0.15, -0.1) is 0 Å². The van der Waals surface area contributed by atoms with E-state index in [1.54, 1.807) is 12.1 Å². The Bertz CT molecular complexity index is 418. The van der Waals surface area contributed by atoms with E-state index in [0.717, 1.165) is 10.0 Å². The number of amides is 2. The standard InChI is InChI=1S/C11H13BrN2O2/c1-7-3-4-8(5-9(7)12)11(16)14-6-10(15)13-2/h3-5H,6H2,1-2H3,(H,13,15)(H,14,16). The number of halogens is 1. The van der Waals surface area contributed by atoms with Crippen LogP contribution >= 0.6 is 15.9 Å². The molecule has 0 atom stereocenters. The first-order valence-electron chi connectivity index (χ1n) is 4.79. The second-order valence-electron chi connectivity index (χ2n) is 3.32. The van der Waals surface area contributed by atoms with Gasteiger partial charge >= 0.3 is 0 Å². The summed E-state index contributed by atoms with van der Waals surface area (Å²) >= 11 is 3.35. The molecule has 2 amide bonds. The van der Waals surface area contributed by atoms with Crippen LogP contribution < -0.4 is 10.6 Å². The lowest BCUT2D eigenvalue weighted by Crippen LogP contribution is -2.35. The summed E-state index contributed by atoms with van der Waals surface area (Å²) in [5.74, 6) is -0.483. The van der Waals surface area contributed by atoms with Crippen LogP contribution in [-0.4, -0.2) is 25.4 Å². The zero-order chi connectivity index (χ0) is 12.1. The van der Waals surface area contributed by atoms with Gasteiger partial charge in [0.05, 0.1) is 6.54 Å². The topological polar surface area (TPSA) is 58.2 Å². The van der Waals surface area contributed by atoms with E-state index in [4.69, 9.17) is 0 Å². The minimum atomic E-state index is -0.260. The van der Waals surface area contributed by atoms with Crippen molar-refractivity contribution in [1.82, 2.24) is 10.6 Å². The van der Waals surface area contributed by atoms with Crippen molar-refractivity contribution in [3.05, 3.63) is 33.8 Å². The molecule has 0 aromatic heterocycles. The molecule has 1 rings (SSSR count). The van der Waals surface area contributed by atoms with E-state index in [2.05, 4.69) is 26.6 Å². The van der Waals surface area contributed by atoms with Crippen LogP contribution in [0.2, 0.25) is 0 Å². The maximum atomic E-state index is 11.6. The Balaban J connectivity index is 2.66. The fraction of sp³-hybridized carbons (Fsp3) is 0.273. The summed E-state index contributed by atoms with van der Waals surface area (Å²) in [4.78, 5) is 22.6. The first kappa shape index (κ1) is 12.7. The number of hydrogen-bond acceptors (Lipinski definition) is 2. The summed E-state index contributed by atoms with van der Waals surface area (Å²) in [5.41, 5.74) is 1.59. The molecule has 0 spiro atoms. The van der Waals surface area contributed by atoms with Crippen molar-refractivity contribution in [2.45, 2.75) is 6.92 Å². The van der Waals surface area contributed by atoms with Crippen LogP contribution in [0, 0.1) is 6.92 Å². The van der Waals surface area contributed by atoms with Crippen molar-refractivity contribution in [3.8, 4) is 0 Å². The Kier molecular flexibility index (Phi) is 4.49. The first-order valence-corrected chi connectivity index (χ1v) is 5.59. The molecule has 0 saturated carbocycles. The molecule has 0 bridgehead atoms. The normalized spacial score (nSPS) is 9.69. The molecule has 0 unspecified atom stereocenters. The van der Waals surface area contributed by atoms with E-state index in [0.29, 0.717) is 5.56 Å². The molecule has 2 N–H and O–H groups in total. The Hall–Kier alpha value is -1.36. The van der Waals surface area contributed by atoms with E-state index in [1.165, 1.54) is 7.05 Å². The van der Waals surface area contributed by atoms with Crippen LogP contribution in [0.4, 0.5) is 0 Å². The van der Waals surface area contributed by atoms with Gasteiger partial charge in [-0.25, -0.2) is 0 Å². The van der Waals surface area contributed by atoms with E-state index in [-0.39, 0.29) is 18.4 Å². The molecule has 5 heteroatoms. The van der Waals surface area contributed by atoms with E-state index >= 15 is 0 Å². The number of likely N-dealkylation sites (N-methyl/N-ethyl adjacent to an activating group) is 1. The Morgan fingerprint density at radius 3 is 2.62 bits per heavy atom. The lowest BCUT2D eigenvalue weighted by Gasteiger charge is -2.05. The minimum absolute atomic E-state index is 0.0131. The Morgan fingerprint density at radius 1 is 1.38 bits per heavy atom. The Labute approximate surface area is 103 Å². The summed E-state index contributed by atoms with van der Waals surface area (Å²) in [6.45, 7) is 1.93. The number of rotatable bonds is 3. The number of carbonyl (C=O) groups excluding carboxylic acids is 2. The van der Waals surface area contributed by atoms with Crippen molar-refractivity contribution < 1.29 is 9.59 Å². The second-order valence-corrected chi connectivity index (χ2v) is 4.17. The van der Waals surface area contributed by atoms with Crippen LogP contribution in [0.1, 0.15) is 15.9 Å². The molecular formula is C11H13BrN2O2. The van der Waals surface area contributed by atoms with Crippen molar-refractivity contribution >= 4 is 27.7 Å². The van der Waals surface area contributed by atoms with Crippen molar-refractivity contribution in [1.29, 1.82) is 0 Å². The molecule has 1 aromatic rings. The highest BCUT2D eigenvalue weighted by atomic mass is 79.9. The number of nitrogens with one attached hydrogen (secondary N) is 2. The fourth-order valence-electron chi connectivity index (χ4n) is 1.09. The maximum Gasteiger partial charge on any atom is 0.251 e. The molecule has 1 aromatic carbocycles.